The van der Waals surface area contributed by atoms with E-state index in [0.29, 0.717) is 0 Å². The highest BCUT2D eigenvalue weighted by molar-refractivity contribution is 7.19. The summed E-state index contributed by atoms with van der Waals surface area (Å²) in [5, 5.41) is 4.78. The molecule has 0 atom stereocenters. The molecule has 0 amide bonds. The van der Waals surface area contributed by atoms with Crippen molar-refractivity contribution in [3.05, 3.63) is 16.8 Å². The van der Waals surface area contributed by atoms with Crippen LogP contribution in [0.15, 0.2) is 6.33 Å². The Labute approximate surface area is 112 Å². The summed E-state index contributed by atoms with van der Waals surface area (Å²) in [5.41, 5.74) is 1.50. The summed E-state index contributed by atoms with van der Waals surface area (Å²) in [7, 11) is 0. The maximum Gasteiger partial charge on any atom is 0.138 e. The molecule has 0 unspecified atom stereocenters. The molecule has 1 aliphatic carbocycles. The van der Waals surface area contributed by atoms with Crippen LogP contribution in [0.2, 0.25) is 0 Å². The third kappa shape index (κ3) is 2.09. The minimum absolute atomic E-state index is 0.725. The van der Waals surface area contributed by atoms with E-state index in [2.05, 4.69) is 29.1 Å². The first-order chi connectivity index (χ1) is 8.75. The number of nitrogens with zero attached hydrogens (tertiary/aromatic N) is 2. The molecule has 3 rings (SSSR count). The van der Waals surface area contributed by atoms with Crippen LogP contribution < -0.4 is 5.32 Å². The van der Waals surface area contributed by atoms with Crippen molar-refractivity contribution in [3.63, 3.8) is 0 Å². The largest absolute Gasteiger partial charge is 0.369 e. The lowest BCUT2D eigenvalue weighted by atomic mass is 10.1. The minimum atomic E-state index is 0.725. The van der Waals surface area contributed by atoms with Gasteiger partial charge in [-0.2, -0.15) is 0 Å². The van der Waals surface area contributed by atoms with Crippen molar-refractivity contribution in [1.29, 1.82) is 0 Å². The number of thiophene rings is 1. The van der Waals surface area contributed by atoms with Crippen molar-refractivity contribution in [1.82, 2.24) is 9.97 Å². The molecule has 0 saturated heterocycles. The molecule has 0 saturated carbocycles. The van der Waals surface area contributed by atoms with Gasteiger partial charge < -0.3 is 5.32 Å². The molecular weight excluding hydrogens is 242 g/mol. The fourth-order valence-corrected chi connectivity index (χ4v) is 3.77. The molecule has 0 bridgehead atoms. The molecule has 0 radical (unpaired) electrons. The van der Waals surface area contributed by atoms with Crippen molar-refractivity contribution < 1.29 is 0 Å². The molecule has 18 heavy (non-hydrogen) atoms. The lowest BCUT2D eigenvalue weighted by molar-refractivity contribution is 0.607. The fraction of sp³-hybridized carbons (Fsp3) is 0.571. The van der Waals surface area contributed by atoms with E-state index in [4.69, 9.17) is 0 Å². The number of anilines is 1. The first kappa shape index (κ1) is 11.9. The Morgan fingerprint density at radius 3 is 3.06 bits per heavy atom. The Kier molecular flexibility index (Phi) is 3.20. The lowest BCUT2D eigenvalue weighted by Crippen LogP contribution is -2.06. The van der Waals surface area contributed by atoms with Crippen LogP contribution in [0.4, 0.5) is 5.82 Å². The predicted molar refractivity (Wildman–Crippen MR) is 77.4 cm³/mol. The van der Waals surface area contributed by atoms with E-state index < -0.39 is 0 Å². The van der Waals surface area contributed by atoms with E-state index in [1.54, 1.807) is 6.33 Å². The van der Waals surface area contributed by atoms with E-state index >= 15 is 0 Å². The molecule has 3 nitrogen and oxygen atoms in total. The fourth-order valence-electron chi connectivity index (χ4n) is 2.54. The van der Waals surface area contributed by atoms with Crippen LogP contribution >= 0.6 is 11.3 Å². The van der Waals surface area contributed by atoms with Crippen molar-refractivity contribution >= 4 is 27.4 Å². The zero-order chi connectivity index (χ0) is 12.5. The molecule has 1 aliphatic rings. The standard InChI is InChI=1S/C14H19N3S/c1-9(2)6-7-15-13-12-10-4-3-5-11(10)18-14(12)17-8-16-13/h8-9H,3-7H2,1-2H3,(H,15,16,17). The van der Waals surface area contributed by atoms with Crippen LogP contribution in [0, 0.1) is 5.92 Å². The molecule has 96 valence electrons. The first-order valence-electron chi connectivity index (χ1n) is 6.75. The average molecular weight is 261 g/mol. The molecule has 2 heterocycles. The maximum atomic E-state index is 4.44. The minimum Gasteiger partial charge on any atom is -0.369 e. The van der Waals surface area contributed by atoms with Crippen LogP contribution in [0.5, 0.6) is 0 Å². The summed E-state index contributed by atoms with van der Waals surface area (Å²) in [6.45, 7) is 5.49. The number of nitrogens with one attached hydrogen (secondary N) is 1. The van der Waals surface area contributed by atoms with Crippen LogP contribution in [-0.2, 0) is 12.8 Å². The lowest BCUT2D eigenvalue weighted by Gasteiger charge is -2.09. The second-order valence-corrected chi connectivity index (χ2v) is 6.45. The molecule has 2 aromatic rings. The highest BCUT2D eigenvalue weighted by atomic mass is 32.1. The number of rotatable bonds is 4. The van der Waals surface area contributed by atoms with Gasteiger partial charge in [0.05, 0.1) is 5.39 Å². The SMILES string of the molecule is CC(C)CCNc1ncnc2sc3c(c12)CCC3. The van der Waals surface area contributed by atoms with Crippen molar-refractivity contribution in [2.75, 3.05) is 11.9 Å². The normalized spacial score (nSPS) is 14.4. The van der Waals surface area contributed by atoms with Gasteiger partial charge in [-0.05, 0) is 37.2 Å². The molecule has 0 spiro atoms. The van der Waals surface area contributed by atoms with Crippen LogP contribution in [-0.4, -0.2) is 16.5 Å². The van der Waals surface area contributed by atoms with Gasteiger partial charge in [0.25, 0.3) is 0 Å². The summed E-state index contributed by atoms with van der Waals surface area (Å²) in [6.07, 6.45) is 6.57. The highest BCUT2D eigenvalue weighted by Gasteiger charge is 2.20. The van der Waals surface area contributed by atoms with Gasteiger partial charge in [-0.25, -0.2) is 9.97 Å². The number of hydrogen-bond acceptors (Lipinski definition) is 4. The van der Waals surface area contributed by atoms with E-state index in [-0.39, 0.29) is 0 Å². The van der Waals surface area contributed by atoms with Crippen LogP contribution in [0.3, 0.4) is 0 Å². The summed E-state index contributed by atoms with van der Waals surface area (Å²) in [5.74, 6) is 1.77. The smallest absolute Gasteiger partial charge is 0.138 e. The van der Waals surface area contributed by atoms with Gasteiger partial charge in [-0.15, -0.1) is 11.3 Å². The topological polar surface area (TPSA) is 37.8 Å². The quantitative estimate of drug-likeness (QED) is 0.913. The third-order valence-electron chi connectivity index (χ3n) is 3.52. The maximum absolute atomic E-state index is 4.44. The Hall–Kier alpha value is -1.16. The van der Waals surface area contributed by atoms with E-state index in [1.807, 2.05) is 11.3 Å². The zero-order valence-electron chi connectivity index (χ0n) is 11.0. The van der Waals surface area contributed by atoms with E-state index in [1.165, 1.54) is 41.5 Å². The molecule has 0 fully saturated rings. The van der Waals surface area contributed by atoms with Crippen molar-refractivity contribution in [2.24, 2.45) is 5.92 Å². The predicted octanol–water partition coefficient (Wildman–Crippen LogP) is 3.64. The number of hydrogen-bond donors (Lipinski definition) is 1. The van der Waals surface area contributed by atoms with Gasteiger partial charge in [0.15, 0.2) is 0 Å². The van der Waals surface area contributed by atoms with Gasteiger partial charge in [0.2, 0.25) is 0 Å². The Balaban J connectivity index is 1.91. The molecule has 0 aliphatic heterocycles. The number of aryl methyl sites for hydroxylation is 2. The highest BCUT2D eigenvalue weighted by Crippen LogP contribution is 2.38. The second kappa shape index (κ2) is 4.84. The van der Waals surface area contributed by atoms with Gasteiger partial charge >= 0.3 is 0 Å². The Bertz CT molecular complexity index is 559. The van der Waals surface area contributed by atoms with Crippen LogP contribution in [0.25, 0.3) is 10.2 Å². The van der Waals surface area contributed by atoms with Gasteiger partial charge in [-0.3, -0.25) is 0 Å². The molecular formula is C14H19N3S. The molecule has 1 N–H and O–H groups in total. The van der Waals surface area contributed by atoms with Crippen molar-refractivity contribution in [2.45, 2.75) is 39.5 Å². The van der Waals surface area contributed by atoms with Gasteiger partial charge in [0, 0.05) is 11.4 Å². The Morgan fingerprint density at radius 1 is 1.33 bits per heavy atom. The van der Waals surface area contributed by atoms with E-state index in [9.17, 15) is 0 Å². The third-order valence-corrected chi connectivity index (χ3v) is 4.72. The average Bonchev–Trinajstić information content (AvgIpc) is 2.88. The summed E-state index contributed by atoms with van der Waals surface area (Å²) >= 11 is 1.85. The zero-order valence-corrected chi connectivity index (χ0v) is 11.8. The number of aromatic nitrogens is 2. The monoisotopic (exact) mass is 261 g/mol. The summed E-state index contributed by atoms with van der Waals surface area (Å²) in [4.78, 5) is 11.5. The van der Waals surface area contributed by atoms with Gasteiger partial charge in [0.1, 0.15) is 17.0 Å². The molecule has 0 aromatic carbocycles. The molecule has 2 aromatic heterocycles. The first-order valence-corrected chi connectivity index (χ1v) is 7.56. The molecule has 4 heteroatoms. The summed E-state index contributed by atoms with van der Waals surface area (Å²) in [6, 6.07) is 0. The number of fused-ring (bicyclic) bond motifs is 3. The second-order valence-electron chi connectivity index (χ2n) is 5.37. The Morgan fingerprint density at radius 2 is 2.22 bits per heavy atom. The van der Waals surface area contributed by atoms with Gasteiger partial charge in [-0.1, -0.05) is 13.8 Å². The van der Waals surface area contributed by atoms with Crippen molar-refractivity contribution in [3.8, 4) is 0 Å². The van der Waals surface area contributed by atoms with E-state index in [0.717, 1.165) is 23.1 Å². The van der Waals surface area contributed by atoms with Crippen LogP contribution in [0.1, 0.15) is 37.1 Å². The summed E-state index contributed by atoms with van der Waals surface area (Å²) < 4.78 is 0.